The van der Waals surface area contributed by atoms with E-state index in [9.17, 15) is 18.8 Å². The standard InChI is InChI=1S/C26H24ClFN2O4/c1-30(16-18-11-13-20(28)14-12-18)24(31)17-34-25(32)15-23(19-7-3-2-4-8-19)29-26(33)21-9-5-6-10-22(21)27/h2-14,23H,15-17H2,1H3,(H,29,33). The number of likely N-dealkylation sites (N-methyl/N-ethyl adjacent to an activating group) is 1. The first-order chi connectivity index (χ1) is 16.3. The minimum absolute atomic E-state index is 0.171. The zero-order valence-corrected chi connectivity index (χ0v) is 19.3. The highest BCUT2D eigenvalue weighted by molar-refractivity contribution is 6.33. The van der Waals surface area contributed by atoms with Crippen molar-refractivity contribution < 1.29 is 23.5 Å². The first-order valence-electron chi connectivity index (χ1n) is 10.6. The molecule has 0 saturated carbocycles. The van der Waals surface area contributed by atoms with Gasteiger partial charge in [0.2, 0.25) is 0 Å². The quantitative estimate of drug-likeness (QED) is 0.454. The molecule has 6 nitrogen and oxygen atoms in total. The van der Waals surface area contributed by atoms with Gasteiger partial charge in [-0.1, -0.05) is 66.2 Å². The largest absolute Gasteiger partial charge is 0.455 e. The number of amides is 2. The molecule has 0 spiro atoms. The van der Waals surface area contributed by atoms with E-state index in [0.717, 1.165) is 5.56 Å². The Morgan fingerprint density at radius 2 is 1.62 bits per heavy atom. The molecule has 0 bridgehead atoms. The lowest BCUT2D eigenvalue weighted by Gasteiger charge is -2.20. The summed E-state index contributed by atoms with van der Waals surface area (Å²) in [6.07, 6.45) is -0.171. The molecule has 176 valence electrons. The predicted octanol–water partition coefficient (Wildman–Crippen LogP) is 4.54. The van der Waals surface area contributed by atoms with Crippen LogP contribution in [0.3, 0.4) is 0 Å². The number of nitrogens with one attached hydrogen (secondary N) is 1. The van der Waals surface area contributed by atoms with E-state index in [-0.39, 0.29) is 24.3 Å². The summed E-state index contributed by atoms with van der Waals surface area (Å²) in [6.45, 7) is -0.201. The van der Waals surface area contributed by atoms with E-state index in [2.05, 4.69) is 5.32 Å². The average molecular weight is 483 g/mol. The maximum Gasteiger partial charge on any atom is 0.308 e. The molecule has 0 aliphatic rings. The van der Waals surface area contributed by atoms with Crippen LogP contribution in [0, 0.1) is 5.82 Å². The zero-order chi connectivity index (χ0) is 24.5. The lowest BCUT2D eigenvalue weighted by molar-refractivity contribution is -0.152. The van der Waals surface area contributed by atoms with E-state index in [4.69, 9.17) is 16.3 Å². The third-order valence-electron chi connectivity index (χ3n) is 5.11. The predicted molar refractivity (Wildman–Crippen MR) is 127 cm³/mol. The molecule has 8 heteroatoms. The summed E-state index contributed by atoms with van der Waals surface area (Å²) in [5.74, 6) is -1.84. The van der Waals surface area contributed by atoms with Gasteiger partial charge in [-0.3, -0.25) is 14.4 Å². The number of hydrogen-bond acceptors (Lipinski definition) is 4. The third-order valence-corrected chi connectivity index (χ3v) is 5.44. The van der Waals surface area contributed by atoms with E-state index in [1.807, 2.05) is 6.07 Å². The molecule has 0 fully saturated rings. The molecule has 0 aliphatic carbocycles. The molecule has 1 N–H and O–H groups in total. The van der Waals surface area contributed by atoms with Crippen LogP contribution >= 0.6 is 11.6 Å². The first-order valence-corrected chi connectivity index (χ1v) is 11.0. The summed E-state index contributed by atoms with van der Waals surface area (Å²) >= 11 is 6.12. The fourth-order valence-electron chi connectivity index (χ4n) is 3.25. The van der Waals surface area contributed by atoms with Crippen molar-refractivity contribution in [3.05, 3.63) is 106 Å². The van der Waals surface area contributed by atoms with Crippen LogP contribution in [0.1, 0.15) is 33.9 Å². The van der Waals surface area contributed by atoms with E-state index in [1.165, 1.54) is 17.0 Å². The van der Waals surface area contributed by atoms with Gasteiger partial charge in [-0.25, -0.2) is 4.39 Å². The summed E-state index contributed by atoms with van der Waals surface area (Å²) in [5, 5.41) is 3.11. The molecule has 3 aromatic carbocycles. The summed E-state index contributed by atoms with van der Waals surface area (Å²) in [4.78, 5) is 39.0. The van der Waals surface area contributed by atoms with Gasteiger partial charge in [0.15, 0.2) is 6.61 Å². The van der Waals surface area contributed by atoms with Crippen molar-refractivity contribution in [2.45, 2.75) is 19.0 Å². The summed E-state index contributed by atoms with van der Waals surface area (Å²) in [5.41, 5.74) is 1.74. The molecule has 0 saturated heterocycles. The van der Waals surface area contributed by atoms with Gasteiger partial charge in [-0.05, 0) is 35.4 Å². The monoisotopic (exact) mass is 482 g/mol. The number of ether oxygens (including phenoxy) is 1. The minimum atomic E-state index is -0.676. The van der Waals surface area contributed by atoms with Gasteiger partial charge >= 0.3 is 5.97 Å². The Labute approximate surface area is 202 Å². The molecule has 1 unspecified atom stereocenters. The number of nitrogens with zero attached hydrogens (tertiary/aromatic N) is 1. The van der Waals surface area contributed by atoms with Crippen LogP contribution in [-0.2, 0) is 20.9 Å². The van der Waals surface area contributed by atoms with Crippen molar-refractivity contribution in [3.63, 3.8) is 0 Å². The van der Waals surface area contributed by atoms with Crippen LogP contribution in [0.15, 0.2) is 78.9 Å². The fourth-order valence-corrected chi connectivity index (χ4v) is 3.47. The lowest BCUT2D eigenvalue weighted by Crippen LogP contribution is -2.33. The lowest BCUT2D eigenvalue weighted by atomic mass is 10.0. The van der Waals surface area contributed by atoms with E-state index in [0.29, 0.717) is 10.6 Å². The summed E-state index contributed by atoms with van der Waals surface area (Å²) in [6, 6.07) is 20.7. The highest BCUT2D eigenvalue weighted by Gasteiger charge is 2.22. The van der Waals surface area contributed by atoms with Gasteiger partial charge in [0.1, 0.15) is 5.82 Å². The van der Waals surface area contributed by atoms with Crippen LogP contribution in [0.25, 0.3) is 0 Å². The second kappa shape index (κ2) is 12.0. The molecule has 0 radical (unpaired) electrons. The van der Waals surface area contributed by atoms with Crippen molar-refractivity contribution in [1.82, 2.24) is 10.2 Å². The number of esters is 1. The van der Waals surface area contributed by atoms with Crippen molar-refractivity contribution in [2.75, 3.05) is 13.7 Å². The van der Waals surface area contributed by atoms with Gasteiger partial charge in [0.25, 0.3) is 11.8 Å². The SMILES string of the molecule is CN(Cc1ccc(F)cc1)C(=O)COC(=O)CC(NC(=O)c1ccccc1Cl)c1ccccc1. The topological polar surface area (TPSA) is 75.7 Å². The maximum absolute atomic E-state index is 13.0. The number of rotatable bonds is 9. The van der Waals surface area contributed by atoms with Gasteiger partial charge < -0.3 is 15.0 Å². The summed E-state index contributed by atoms with van der Waals surface area (Å²) in [7, 11) is 1.57. The van der Waals surface area contributed by atoms with Gasteiger partial charge in [-0.15, -0.1) is 0 Å². The Bertz CT molecular complexity index is 1140. The zero-order valence-electron chi connectivity index (χ0n) is 18.5. The molecule has 34 heavy (non-hydrogen) atoms. The van der Waals surface area contributed by atoms with Crippen LogP contribution in [0.2, 0.25) is 5.02 Å². The number of halogens is 2. The Kier molecular flexibility index (Phi) is 8.76. The van der Waals surface area contributed by atoms with Crippen molar-refractivity contribution >= 4 is 29.4 Å². The molecular formula is C26H24ClFN2O4. The maximum atomic E-state index is 13.0. The number of carbonyl (C=O) groups excluding carboxylic acids is 3. The Morgan fingerprint density at radius 1 is 0.971 bits per heavy atom. The van der Waals surface area contributed by atoms with Crippen LogP contribution < -0.4 is 5.32 Å². The van der Waals surface area contributed by atoms with Gasteiger partial charge in [0, 0.05) is 13.6 Å². The molecule has 0 aromatic heterocycles. The number of benzene rings is 3. The van der Waals surface area contributed by atoms with Crippen LogP contribution in [0.4, 0.5) is 4.39 Å². The normalized spacial score (nSPS) is 11.4. The highest BCUT2D eigenvalue weighted by atomic mass is 35.5. The smallest absolute Gasteiger partial charge is 0.308 e. The number of hydrogen-bond donors (Lipinski definition) is 1. The van der Waals surface area contributed by atoms with Crippen molar-refractivity contribution in [3.8, 4) is 0 Å². The van der Waals surface area contributed by atoms with E-state index < -0.39 is 30.4 Å². The van der Waals surface area contributed by atoms with E-state index in [1.54, 1.807) is 67.7 Å². The molecule has 3 aromatic rings. The van der Waals surface area contributed by atoms with Crippen molar-refractivity contribution in [2.24, 2.45) is 0 Å². The minimum Gasteiger partial charge on any atom is -0.455 e. The Morgan fingerprint density at radius 3 is 2.29 bits per heavy atom. The fraction of sp³-hybridized carbons (Fsp3) is 0.192. The Hall–Kier alpha value is -3.71. The van der Waals surface area contributed by atoms with Crippen molar-refractivity contribution in [1.29, 1.82) is 0 Å². The molecule has 2 amide bonds. The molecule has 0 heterocycles. The molecular weight excluding hydrogens is 459 g/mol. The highest BCUT2D eigenvalue weighted by Crippen LogP contribution is 2.21. The average Bonchev–Trinajstić information content (AvgIpc) is 2.84. The van der Waals surface area contributed by atoms with Gasteiger partial charge in [-0.2, -0.15) is 0 Å². The molecule has 3 rings (SSSR count). The van der Waals surface area contributed by atoms with Gasteiger partial charge in [0.05, 0.1) is 23.0 Å². The van der Waals surface area contributed by atoms with E-state index >= 15 is 0 Å². The molecule has 0 aliphatic heterocycles. The molecule has 1 atom stereocenters. The summed E-state index contributed by atoms with van der Waals surface area (Å²) < 4.78 is 18.2. The second-order valence-corrected chi connectivity index (χ2v) is 8.06. The third kappa shape index (κ3) is 7.15. The van der Waals surface area contributed by atoms with Crippen LogP contribution in [0.5, 0.6) is 0 Å². The van der Waals surface area contributed by atoms with Crippen LogP contribution in [-0.4, -0.2) is 36.3 Å². The first kappa shape index (κ1) is 24.9. The Balaban J connectivity index is 1.59. The number of carbonyl (C=O) groups is 3. The second-order valence-electron chi connectivity index (χ2n) is 7.66.